The lowest BCUT2D eigenvalue weighted by atomic mass is 9.87. The Morgan fingerprint density at radius 3 is 2.51 bits per heavy atom. The SMILES string of the molecule is COc1nc(N2CCOCC2)nc(N[C@@H]2CCCN(C(=O)OC(C)(C)C)C2)c1-c1nc2cc(C(C)(C)C)ccc2s1. The minimum Gasteiger partial charge on any atom is -0.480 e. The number of morpholine rings is 1. The summed E-state index contributed by atoms with van der Waals surface area (Å²) in [6, 6.07) is 6.46. The molecular formula is C30H42N6O4S. The average Bonchev–Trinajstić information content (AvgIpc) is 3.35. The normalized spacial score (nSPS) is 18.5. The number of carbonyl (C=O) groups excluding carboxylic acids is 1. The number of anilines is 2. The molecule has 1 atom stereocenters. The summed E-state index contributed by atoms with van der Waals surface area (Å²) in [4.78, 5) is 31.7. The van der Waals surface area contributed by atoms with Gasteiger partial charge in [-0.15, -0.1) is 11.3 Å². The van der Waals surface area contributed by atoms with Crippen molar-refractivity contribution in [1.29, 1.82) is 0 Å². The number of rotatable bonds is 5. The van der Waals surface area contributed by atoms with Gasteiger partial charge in [-0.05, 0) is 56.7 Å². The van der Waals surface area contributed by atoms with Gasteiger partial charge in [0.15, 0.2) is 0 Å². The number of piperidine rings is 1. The molecule has 4 heterocycles. The maximum absolute atomic E-state index is 12.9. The summed E-state index contributed by atoms with van der Waals surface area (Å²) in [6.45, 7) is 16.1. The van der Waals surface area contributed by atoms with Crippen LogP contribution in [0.2, 0.25) is 0 Å². The zero-order chi connectivity index (χ0) is 29.4. The maximum atomic E-state index is 12.9. The molecule has 0 spiro atoms. The third-order valence-electron chi connectivity index (χ3n) is 7.23. The first-order valence-electron chi connectivity index (χ1n) is 14.4. The van der Waals surface area contributed by atoms with E-state index in [2.05, 4.69) is 49.2 Å². The highest BCUT2D eigenvalue weighted by Crippen LogP contribution is 2.41. The number of hydrogen-bond donors (Lipinski definition) is 1. The Morgan fingerprint density at radius 2 is 1.83 bits per heavy atom. The second kappa shape index (κ2) is 11.6. The van der Waals surface area contributed by atoms with Gasteiger partial charge >= 0.3 is 6.09 Å². The Morgan fingerprint density at radius 1 is 1.07 bits per heavy atom. The topological polar surface area (TPSA) is 102 Å². The van der Waals surface area contributed by atoms with Gasteiger partial charge in [-0.25, -0.2) is 9.78 Å². The molecular weight excluding hydrogens is 540 g/mol. The van der Waals surface area contributed by atoms with Crippen molar-refractivity contribution >= 4 is 39.4 Å². The van der Waals surface area contributed by atoms with Gasteiger partial charge in [0.05, 0.1) is 30.5 Å². The minimum absolute atomic E-state index is 0.0194. The molecule has 5 rings (SSSR count). The zero-order valence-corrected chi connectivity index (χ0v) is 26.1. The van der Waals surface area contributed by atoms with Crippen LogP contribution in [0.5, 0.6) is 5.88 Å². The molecule has 1 aromatic carbocycles. The van der Waals surface area contributed by atoms with Crippen LogP contribution in [0, 0.1) is 0 Å². The number of amides is 1. The van der Waals surface area contributed by atoms with Gasteiger partial charge in [0.1, 0.15) is 22.0 Å². The number of likely N-dealkylation sites (tertiary alicyclic amines) is 1. The molecule has 0 unspecified atom stereocenters. The lowest BCUT2D eigenvalue weighted by Gasteiger charge is -2.35. The number of fused-ring (bicyclic) bond motifs is 1. The smallest absolute Gasteiger partial charge is 0.410 e. The molecule has 11 heteroatoms. The second-order valence-electron chi connectivity index (χ2n) is 12.7. The lowest BCUT2D eigenvalue weighted by molar-refractivity contribution is 0.0206. The summed E-state index contributed by atoms with van der Waals surface area (Å²) in [5, 5.41) is 4.45. The summed E-state index contributed by atoms with van der Waals surface area (Å²) >= 11 is 1.60. The Balaban J connectivity index is 1.53. The monoisotopic (exact) mass is 582 g/mol. The van der Waals surface area contributed by atoms with Crippen LogP contribution in [0.4, 0.5) is 16.6 Å². The minimum atomic E-state index is -0.544. The molecule has 2 aliphatic heterocycles. The van der Waals surface area contributed by atoms with Crippen molar-refractivity contribution in [3.63, 3.8) is 0 Å². The fraction of sp³-hybridized carbons (Fsp3) is 0.600. The van der Waals surface area contributed by atoms with Crippen LogP contribution in [0.25, 0.3) is 20.8 Å². The quantitative estimate of drug-likeness (QED) is 0.405. The van der Waals surface area contributed by atoms with Crippen LogP contribution in [-0.4, -0.2) is 84.1 Å². The third-order valence-corrected chi connectivity index (χ3v) is 8.29. The Bertz CT molecular complexity index is 1390. The Kier molecular flexibility index (Phi) is 8.29. The Hall–Kier alpha value is -3.18. The molecule has 2 fully saturated rings. The van der Waals surface area contributed by atoms with Gasteiger partial charge in [0, 0.05) is 32.2 Å². The largest absolute Gasteiger partial charge is 0.480 e. The van der Waals surface area contributed by atoms with Crippen molar-refractivity contribution in [1.82, 2.24) is 19.9 Å². The first kappa shape index (κ1) is 29.3. The van der Waals surface area contributed by atoms with E-state index in [1.54, 1.807) is 23.3 Å². The molecule has 3 aromatic rings. The molecule has 1 N–H and O–H groups in total. The van der Waals surface area contributed by atoms with Gasteiger partial charge in [0.2, 0.25) is 11.8 Å². The number of ether oxygens (including phenoxy) is 3. The first-order valence-corrected chi connectivity index (χ1v) is 15.2. The van der Waals surface area contributed by atoms with E-state index < -0.39 is 5.60 Å². The van der Waals surface area contributed by atoms with Crippen molar-refractivity contribution in [2.45, 2.75) is 71.4 Å². The standard InChI is InChI=1S/C30H42N6O4S/c1-29(2,3)19-10-11-22-21(17-19)32-26(41-22)23-24(33-27(34-25(23)38-7)35-13-15-39-16-14-35)31-20-9-8-12-36(18-20)28(37)40-30(4,5)6/h10-11,17,20H,8-9,12-16,18H2,1-7H3,(H,31,33,34)/t20-/m1/s1. The number of aromatic nitrogens is 3. The van der Waals surface area contributed by atoms with Gasteiger partial charge in [-0.3, -0.25) is 0 Å². The first-order chi connectivity index (χ1) is 19.4. The average molecular weight is 583 g/mol. The molecule has 222 valence electrons. The molecule has 0 radical (unpaired) electrons. The summed E-state index contributed by atoms with van der Waals surface area (Å²) in [6.07, 6.45) is 1.47. The third kappa shape index (κ3) is 6.83. The molecule has 2 aliphatic rings. The van der Waals surface area contributed by atoms with Crippen molar-refractivity contribution in [2.75, 3.05) is 56.7 Å². The molecule has 0 aliphatic carbocycles. The lowest BCUT2D eigenvalue weighted by Crippen LogP contribution is -2.47. The number of carbonyl (C=O) groups is 1. The summed E-state index contributed by atoms with van der Waals surface area (Å²) in [5.41, 5.74) is 2.38. The second-order valence-corrected chi connectivity index (χ2v) is 13.7. The molecule has 2 aromatic heterocycles. The van der Waals surface area contributed by atoms with Crippen molar-refractivity contribution < 1.29 is 19.0 Å². The van der Waals surface area contributed by atoms with Crippen molar-refractivity contribution in [3.05, 3.63) is 23.8 Å². The summed E-state index contributed by atoms with van der Waals surface area (Å²) < 4.78 is 18.2. The predicted octanol–water partition coefficient (Wildman–Crippen LogP) is 5.71. The van der Waals surface area contributed by atoms with E-state index in [4.69, 9.17) is 29.2 Å². The van der Waals surface area contributed by atoms with Crippen LogP contribution >= 0.6 is 11.3 Å². The number of hydrogen-bond acceptors (Lipinski definition) is 10. The zero-order valence-electron chi connectivity index (χ0n) is 25.2. The fourth-order valence-corrected chi connectivity index (χ4v) is 6.04. The van der Waals surface area contributed by atoms with Crippen LogP contribution in [0.3, 0.4) is 0 Å². The molecule has 1 amide bonds. The van der Waals surface area contributed by atoms with Gasteiger partial charge < -0.3 is 29.3 Å². The van der Waals surface area contributed by atoms with Gasteiger partial charge in [-0.1, -0.05) is 26.8 Å². The molecule has 10 nitrogen and oxygen atoms in total. The predicted molar refractivity (Wildman–Crippen MR) is 163 cm³/mol. The van der Waals surface area contributed by atoms with E-state index in [1.165, 1.54) is 5.56 Å². The summed E-state index contributed by atoms with van der Waals surface area (Å²) in [7, 11) is 1.63. The number of thiazole rings is 1. The van der Waals surface area contributed by atoms with E-state index in [1.807, 2.05) is 20.8 Å². The van der Waals surface area contributed by atoms with Gasteiger partial charge in [0.25, 0.3) is 0 Å². The number of methoxy groups -OCH3 is 1. The maximum Gasteiger partial charge on any atom is 0.410 e. The van der Waals surface area contributed by atoms with E-state index >= 15 is 0 Å². The highest BCUT2D eigenvalue weighted by Gasteiger charge is 2.30. The van der Waals surface area contributed by atoms with E-state index in [9.17, 15) is 4.79 Å². The van der Waals surface area contributed by atoms with Crippen LogP contribution < -0.4 is 15.0 Å². The Labute approximate surface area is 246 Å². The van der Waals surface area contributed by atoms with Crippen molar-refractivity contribution in [2.24, 2.45) is 0 Å². The van der Waals surface area contributed by atoms with Crippen LogP contribution in [0.1, 0.15) is 59.9 Å². The molecule has 0 bridgehead atoms. The van der Waals surface area contributed by atoms with E-state index in [-0.39, 0.29) is 17.6 Å². The van der Waals surface area contributed by atoms with Gasteiger partial charge in [-0.2, -0.15) is 9.97 Å². The summed E-state index contributed by atoms with van der Waals surface area (Å²) in [5.74, 6) is 1.72. The highest BCUT2D eigenvalue weighted by atomic mass is 32.1. The van der Waals surface area contributed by atoms with Crippen LogP contribution in [-0.2, 0) is 14.9 Å². The fourth-order valence-electron chi connectivity index (χ4n) is 5.06. The van der Waals surface area contributed by atoms with Crippen molar-refractivity contribution in [3.8, 4) is 16.5 Å². The molecule has 41 heavy (non-hydrogen) atoms. The van der Waals surface area contributed by atoms with E-state index in [0.717, 1.165) is 33.6 Å². The molecule has 2 saturated heterocycles. The number of nitrogens with one attached hydrogen (secondary N) is 1. The molecule has 0 saturated carbocycles. The highest BCUT2D eigenvalue weighted by molar-refractivity contribution is 7.21. The number of nitrogens with zero attached hydrogens (tertiary/aromatic N) is 5. The van der Waals surface area contributed by atoms with Crippen LogP contribution in [0.15, 0.2) is 18.2 Å². The number of benzene rings is 1. The van der Waals surface area contributed by atoms with E-state index in [0.29, 0.717) is 57.0 Å².